The van der Waals surface area contributed by atoms with Gasteiger partial charge in [-0.3, -0.25) is 4.79 Å². The third kappa shape index (κ3) is 2.79. The molecular formula is C16H19N3O3S. The lowest BCUT2D eigenvalue weighted by molar-refractivity contribution is -0.142. The molecule has 2 aliphatic rings. The van der Waals surface area contributed by atoms with Crippen molar-refractivity contribution in [2.24, 2.45) is 5.92 Å². The quantitative estimate of drug-likeness (QED) is 0.863. The number of ether oxygens (including phenoxy) is 1. The highest BCUT2D eigenvalue weighted by molar-refractivity contribution is 7.12. The van der Waals surface area contributed by atoms with Gasteiger partial charge in [-0.2, -0.15) is 0 Å². The number of thiophene rings is 1. The maximum Gasteiger partial charge on any atom is 0.241 e. The van der Waals surface area contributed by atoms with Crippen LogP contribution in [0.2, 0.25) is 0 Å². The van der Waals surface area contributed by atoms with Gasteiger partial charge in [0.2, 0.25) is 17.7 Å². The van der Waals surface area contributed by atoms with Crippen molar-refractivity contribution >= 4 is 17.2 Å². The summed E-state index contributed by atoms with van der Waals surface area (Å²) in [5.74, 6) is 1.62. The van der Waals surface area contributed by atoms with Crippen LogP contribution in [-0.4, -0.2) is 40.8 Å². The molecule has 1 saturated carbocycles. The second-order valence-corrected chi connectivity index (χ2v) is 7.50. The van der Waals surface area contributed by atoms with Crippen molar-refractivity contribution < 1.29 is 13.9 Å². The molecule has 0 N–H and O–H groups in total. The molecule has 1 aliphatic carbocycles. The van der Waals surface area contributed by atoms with E-state index in [0.717, 1.165) is 6.42 Å². The Morgan fingerprint density at radius 1 is 1.35 bits per heavy atom. The van der Waals surface area contributed by atoms with Crippen molar-refractivity contribution in [2.45, 2.75) is 32.2 Å². The minimum absolute atomic E-state index is 0.0812. The first-order valence-corrected chi connectivity index (χ1v) is 8.69. The van der Waals surface area contributed by atoms with Gasteiger partial charge in [0.15, 0.2) is 0 Å². The minimum Gasteiger partial charge on any atom is -0.423 e. The standard InChI is InChI=1S/C16H19N3O3S/c1-9-3-4-14(23-9)11-7-12(11)16(20)19-5-6-21-8-13(19)15-18-17-10(2)22-15/h3-4,11-13H,5-8H2,1-2H3/t11-,12-,13-/m0/s1. The molecule has 2 fully saturated rings. The minimum atomic E-state index is -0.260. The Labute approximate surface area is 138 Å². The van der Waals surface area contributed by atoms with Crippen LogP contribution in [0.15, 0.2) is 16.5 Å². The van der Waals surface area contributed by atoms with E-state index < -0.39 is 0 Å². The van der Waals surface area contributed by atoms with Gasteiger partial charge >= 0.3 is 0 Å². The Bertz CT molecular complexity index is 726. The zero-order chi connectivity index (χ0) is 16.0. The molecule has 6 nitrogen and oxygen atoms in total. The lowest BCUT2D eigenvalue weighted by Gasteiger charge is -2.33. The second kappa shape index (κ2) is 5.72. The van der Waals surface area contributed by atoms with Crippen molar-refractivity contribution in [3.8, 4) is 0 Å². The molecule has 2 aromatic heterocycles. The van der Waals surface area contributed by atoms with Crippen LogP contribution in [0.3, 0.4) is 0 Å². The van der Waals surface area contributed by atoms with Gasteiger partial charge in [0.25, 0.3) is 0 Å². The van der Waals surface area contributed by atoms with Crippen LogP contribution < -0.4 is 0 Å². The molecule has 1 saturated heterocycles. The van der Waals surface area contributed by atoms with Gasteiger partial charge in [-0.15, -0.1) is 21.5 Å². The van der Waals surface area contributed by atoms with E-state index >= 15 is 0 Å². The van der Waals surface area contributed by atoms with E-state index in [2.05, 4.69) is 29.3 Å². The van der Waals surface area contributed by atoms with Crippen LogP contribution in [0.1, 0.15) is 39.9 Å². The zero-order valence-corrected chi connectivity index (χ0v) is 14.0. The van der Waals surface area contributed by atoms with Gasteiger partial charge in [-0.05, 0) is 25.5 Å². The van der Waals surface area contributed by atoms with Gasteiger partial charge in [0.05, 0.1) is 13.2 Å². The first-order valence-electron chi connectivity index (χ1n) is 7.88. The number of rotatable bonds is 3. The third-order valence-electron chi connectivity index (χ3n) is 4.47. The average molecular weight is 333 g/mol. The molecule has 0 unspecified atom stereocenters. The number of aryl methyl sites for hydroxylation is 2. The molecular weight excluding hydrogens is 314 g/mol. The van der Waals surface area contributed by atoms with Crippen molar-refractivity contribution in [3.05, 3.63) is 33.7 Å². The molecule has 0 radical (unpaired) electrons. The Kier molecular flexibility index (Phi) is 3.69. The largest absolute Gasteiger partial charge is 0.423 e. The SMILES string of the molecule is Cc1nnc([C@@H]2COCCN2C(=O)[C@H]2C[C@@H]2c2ccc(C)s2)o1. The van der Waals surface area contributed by atoms with E-state index in [1.807, 2.05) is 4.90 Å². The molecule has 0 bridgehead atoms. The van der Waals surface area contributed by atoms with Crippen LogP contribution in [0.25, 0.3) is 0 Å². The van der Waals surface area contributed by atoms with E-state index in [9.17, 15) is 4.79 Å². The van der Waals surface area contributed by atoms with E-state index in [4.69, 9.17) is 9.15 Å². The van der Waals surface area contributed by atoms with E-state index in [1.54, 1.807) is 18.3 Å². The van der Waals surface area contributed by atoms with Gasteiger partial charge < -0.3 is 14.1 Å². The van der Waals surface area contributed by atoms with E-state index in [0.29, 0.717) is 37.5 Å². The van der Waals surface area contributed by atoms with Gasteiger partial charge in [-0.1, -0.05) is 0 Å². The van der Waals surface area contributed by atoms with Crippen LogP contribution in [0.4, 0.5) is 0 Å². The molecule has 3 heterocycles. The molecule has 1 amide bonds. The normalized spacial score (nSPS) is 27.2. The fraction of sp³-hybridized carbons (Fsp3) is 0.562. The Hall–Kier alpha value is -1.73. The molecule has 3 atom stereocenters. The first-order chi connectivity index (χ1) is 11.1. The molecule has 7 heteroatoms. The summed E-state index contributed by atoms with van der Waals surface area (Å²) in [5, 5.41) is 7.95. The molecule has 122 valence electrons. The summed E-state index contributed by atoms with van der Waals surface area (Å²) in [6.45, 7) is 5.41. The number of hydrogen-bond acceptors (Lipinski definition) is 6. The molecule has 23 heavy (non-hydrogen) atoms. The van der Waals surface area contributed by atoms with Gasteiger partial charge in [0.1, 0.15) is 6.04 Å². The maximum atomic E-state index is 12.9. The van der Waals surface area contributed by atoms with Crippen molar-refractivity contribution in [1.82, 2.24) is 15.1 Å². The summed E-state index contributed by atoms with van der Waals surface area (Å²) in [4.78, 5) is 17.4. The predicted octanol–water partition coefficient (Wildman–Crippen LogP) is 2.45. The summed E-state index contributed by atoms with van der Waals surface area (Å²) in [5.41, 5.74) is 0. The second-order valence-electron chi connectivity index (χ2n) is 6.18. The smallest absolute Gasteiger partial charge is 0.241 e. The monoisotopic (exact) mass is 333 g/mol. The number of nitrogens with zero attached hydrogens (tertiary/aromatic N) is 3. The number of amides is 1. The van der Waals surface area contributed by atoms with Gasteiger partial charge in [0, 0.05) is 35.1 Å². The van der Waals surface area contributed by atoms with Crippen LogP contribution >= 0.6 is 11.3 Å². The lowest BCUT2D eigenvalue weighted by Crippen LogP contribution is -2.44. The number of carbonyl (C=O) groups excluding carboxylic acids is 1. The van der Waals surface area contributed by atoms with Crippen molar-refractivity contribution in [2.75, 3.05) is 19.8 Å². The number of carbonyl (C=O) groups is 1. The molecule has 2 aromatic rings. The summed E-state index contributed by atoms with van der Waals surface area (Å²) < 4.78 is 11.0. The third-order valence-corrected chi connectivity index (χ3v) is 5.61. The highest BCUT2D eigenvalue weighted by Gasteiger charge is 2.48. The van der Waals surface area contributed by atoms with E-state index in [-0.39, 0.29) is 17.9 Å². The van der Waals surface area contributed by atoms with Crippen LogP contribution in [-0.2, 0) is 9.53 Å². The Morgan fingerprint density at radius 2 is 2.22 bits per heavy atom. The molecule has 1 aliphatic heterocycles. The molecule has 0 aromatic carbocycles. The van der Waals surface area contributed by atoms with Crippen LogP contribution in [0.5, 0.6) is 0 Å². The van der Waals surface area contributed by atoms with Crippen molar-refractivity contribution in [3.63, 3.8) is 0 Å². The maximum absolute atomic E-state index is 12.9. The number of morpholine rings is 1. The summed E-state index contributed by atoms with van der Waals surface area (Å²) in [6.07, 6.45) is 0.936. The summed E-state index contributed by atoms with van der Waals surface area (Å²) in [7, 11) is 0. The zero-order valence-electron chi connectivity index (χ0n) is 13.2. The fourth-order valence-electron chi connectivity index (χ4n) is 3.17. The highest BCUT2D eigenvalue weighted by Crippen LogP contribution is 2.51. The topological polar surface area (TPSA) is 68.5 Å². The van der Waals surface area contributed by atoms with Crippen LogP contribution in [0, 0.1) is 19.8 Å². The average Bonchev–Trinajstić information content (AvgIpc) is 3.05. The first kappa shape index (κ1) is 14.8. The Balaban J connectivity index is 1.50. The lowest BCUT2D eigenvalue weighted by atomic mass is 10.1. The summed E-state index contributed by atoms with van der Waals surface area (Å²) in [6, 6.07) is 4.01. The molecule has 0 spiro atoms. The number of aromatic nitrogens is 2. The Morgan fingerprint density at radius 3 is 2.91 bits per heavy atom. The van der Waals surface area contributed by atoms with Crippen molar-refractivity contribution in [1.29, 1.82) is 0 Å². The van der Waals surface area contributed by atoms with Gasteiger partial charge in [-0.25, -0.2) is 0 Å². The summed E-state index contributed by atoms with van der Waals surface area (Å²) >= 11 is 1.79. The predicted molar refractivity (Wildman–Crippen MR) is 84.2 cm³/mol. The highest BCUT2D eigenvalue weighted by atomic mass is 32.1. The number of hydrogen-bond donors (Lipinski definition) is 0. The molecule has 4 rings (SSSR count). The fourth-order valence-corrected chi connectivity index (χ4v) is 4.22. The van der Waals surface area contributed by atoms with E-state index in [1.165, 1.54) is 9.75 Å².